The van der Waals surface area contributed by atoms with Gasteiger partial charge in [-0.15, -0.1) is 0 Å². The molecule has 0 spiro atoms. The molecule has 1 saturated carbocycles. The summed E-state index contributed by atoms with van der Waals surface area (Å²) in [4.78, 5) is 12.3. The van der Waals surface area contributed by atoms with Gasteiger partial charge < -0.3 is 5.11 Å². The number of ketones is 1. The Hall–Kier alpha value is -0.370. The number of hydrogen-bond donors (Lipinski definition) is 1. The molecular weight excluding hydrogens is 200 g/mol. The van der Waals surface area contributed by atoms with Crippen LogP contribution in [0.1, 0.15) is 53.9 Å². The summed E-state index contributed by atoms with van der Waals surface area (Å²) >= 11 is 0. The van der Waals surface area contributed by atoms with Crippen LogP contribution in [0.5, 0.6) is 0 Å². The molecule has 0 bridgehead atoms. The van der Waals surface area contributed by atoms with Gasteiger partial charge in [-0.05, 0) is 31.6 Å². The van der Waals surface area contributed by atoms with E-state index in [0.717, 1.165) is 19.3 Å². The summed E-state index contributed by atoms with van der Waals surface area (Å²) in [6, 6.07) is 0. The van der Waals surface area contributed by atoms with E-state index in [0.29, 0.717) is 11.8 Å². The molecule has 0 aromatic heterocycles. The average Bonchev–Trinajstić information content (AvgIpc) is 2.14. The standard InChI is InChI=1S/C14H26O2/c1-9(2)11-7-6-8-14(5,16)12(11)13(15)10(3)4/h9-12,16H,6-8H2,1-5H3/t11-,12+,14+/m1/s1. The van der Waals surface area contributed by atoms with Crippen molar-refractivity contribution < 1.29 is 9.90 Å². The lowest BCUT2D eigenvalue weighted by Gasteiger charge is -2.44. The van der Waals surface area contributed by atoms with Crippen molar-refractivity contribution in [3.05, 3.63) is 0 Å². The van der Waals surface area contributed by atoms with Crippen LogP contribution < -0.4 is 0 Å². The van der Waals surface area contributed by atoms with E-state index in [-0.39, 0.29) is 17.6 Å². The molecule has 0 heterocycles. The van der Waals surface area contributed by atoms with E-state index >= 15 is 0 Å². The predicted molar refractivity (Wildman–Crippen MR) is 66.1 cm³/mol. The Kier molecular flexibility index (Phi) is 4.17. The maximum absolute atomic E-state index is 12.3. The van der Waals surface area contributed by atoms with Crippen molar-refractivity contribution in [1.29, 1.82) is 0 Å². The lowest BCUT2D eigenvalue weighted by atomic mass is 9.63. The molecule has 94 valence electrons. The number of rotatable bonds is 3. The molecule has 1 fully saturated rings. The van der Waals surface area contributed by atoms with Gasteiger partial charge in [0, 0.05) is 11.8 Å². The Morgan fingerprint density at radius 1 is 1.31 bits per heavy atom. The fourth-order valence-electron chi connectivity index (χ4n) is 3.07. The first kappa shape index (κ1) is 13.7. The molecule has 1 aliphatic carbocycles. The lowest BCUT2D eigenvalue weighted by molar-refractivity contribution is -0.145. The molecular formula is C14H26O2. The smallest absolute Gasteiger partial charge is 0.141 e. The van der Waals surface area contributed by atoms with Crippen molar-refractivity contribution in [1.82, 2.24) is 0 Å². The fraction of sp³-hybridized carbons (Fsp3) is 0.929. The molecule has 1 N–H and O–H groups in total. The van der Waals surface area contributed by atoms with E-state index in [1.54, 1.807) is 0 Å². The maximum atomic E-state index is 12.3. The molecule has 0 radical (unpaired) electrons. The van der Waals surface area contributed by atoms with Gasteiger partial charge in [-0.25, -0.2) is 0 Å². The van der Waals surface area contributed by atoms with E-state index in [2.05, 4.69) is 13.8 Å². The van der Waals surface area contributed by atoms with E-state index in [1.165, 1.54) is 0 Å². The summed E-state index contributed by atoms with van der Waals surface area (Å²) in [5.41, 5.74) is -0.797. The second-order valence-electron chi connectivity index (χ2n) is 6.19. The van der Waals surface area contributed by atoms with Gasteiger partial charge in [0.05, 0.1) is 5.60 Å². The van der Waals surface area contributed by atoms with Gasteiger partial charge >= 0.3 is 0 Å². The predicted octanol–water partition coefficient (Wildman–Crippen LogP) is 3.03. The third-order valence-electron chi connectivity index (χ3n) is 4.05. The van der Waals surface area contributed by atoms with Crippen molar-refractivity contribution in [2.75, 3.05) is 0 Å². The van der Waals surface area contributed by atoms with Gasteiger partial charge in [0.25, 0.3) is 0 Å². The zero-order chi connectivity index (χ0) is 12.5. The lowest BCUT2D eigenvalue weighted by Crippen LogP contribution is -2.49. The number of aliphatic hydroxyl groups is 1. The SMILES string of the molecule is CC(C)C(=O)[C@@H]1[C@@H](C(C)C)CCC[C@]1(C)O. The Balaban J connectivity index is 2.97. The molecule has 0 saturated heterocycles. The summed E-state index contributed by atoms with van der Waals surface area (Å²) < 4.78 is 0. The van der Waals surface area contributed by atoms with E-state index < -0.39 is 5.60 Å². The zero-order valence-corrected chi connectivity index (χ0v) is 11.3. The molecule has 0 unspecified atom stereocenters. The maximum Gasteiger partial charge on any atom is 0.141 e. The first-order valence-corrected chi connectivity index (χ1v) is 6.53. The molecule has 0 aromatic carbocycles. The molecule has 3 atom stereocenters. The third kappa shape index (κ3) is 2.65. The number of Topliss-reactive ketones (excluding diaryl/α,β-unsaturated/α-hetero) is 1. The van der Waals surface area contributed by atoms with Gasteiger partial charge in [-0.2, -0.15) is 0 Å². The summed E-state index contributed by atoms with van der Waals surface area (Å²) in [7, 11) is 0. The highest BCUT2D eigenvalue weighted by atomic mass is 16.3. The highest BCUT2D eigenvalue weighted by Gasteiger charge is 2.46. The van der Waals surface area contributed by atoms with Crippen molar-refractivity contribution in [2.24, 2.45) is 23.7 Å². The summed E-state index contributed by atoms with van der Waals surface area (Å²) in [5.74, 6) is 0.915. The molecule has 2 nitrogen and oxygen atoms in total. The molecule has 2 heteroatoms. The van der Waals surface area contributed by atoms with Crippen LogP contribution in [-0.2, 0) is 4.79 Å². The summed E-state index contributed by atoms with van der Waals surface area (Å²) in [5, 5.41) is 10.5. The largest absolute Gasteiger partial charge is 0.389 e. The fourth-order valence-corrected chi connectivity index (χ4v) is 3.07. The van der Waals surface area contributed by atoms with Crippen molar-refractivity contribution in [2.45, 2.75) is 59.5 Å². The highest BCUT2D eigenvalue weighted by Crippen LogP contribution is 2.42. The van der Waals surface area contributed by atoms with Crippen LogP contribution in [0.4, 0.5) is 0 Å². The Labute approximate surface area is 99.4 Å². The number of hydrogen-bond acceptors (Lipinski definition) is 2. The van der Waals surface area contributed by atoms with Crippen LogP contribution in [0, 0.1) is 23.7 Å². The van der Waals surface area contributed by atoms with Crippen LogP contribution in [0.2, 0.25) is 0 Å². The van der Waals surface area contributed by atoms with Crippen LogP contribution in [0.3, 0.4) is 0 Å². The van der Waals surface area contributed by atoms with E-state index in [9.17, 15) is 9.90 Å². The third-order valence-corrected chi connectivity index (χ3v) is 4.05. The zero-order valence-electron chi connectivity index (χ0n) is 11.3. The highest BCUT2D eigenvalue weighted by molar-refractivity contribution is 5.84. The summed E-state index contributed by atoms with van der Waals surface area (Å²) in [6.45, 7) is 10.0. The minimum absolute atomic E-state index is 0.0239. The van der Waals surface area contributed by atoms with Crippen LogP contribution in [-0.4, -0.2) is 16.5 Å². The van der Waals surface area contributed by atoms with E-state index in [4.69, 9.17) is 0 Å². The Bertz CT molecular complexity index is 253. The normalized spacial score (nSPS) is 35.8. The number of carbonyl (C=O) groups excluding carboxylic acids is 1. The van der Waals surface area contributed by atoms with Crippen LogP contribution >= 0.6 is 0 Å². The van der Waals surface area contributed by atoms with Gasteiger partial charge in [0.2, 0.25) is 0 Å². The van der Waals surface area contributed by atoms with Crippen molar-refractivity contribution >= 4 is 5.78 Å². The van der Waals surface area contributed by atoms with Crippen LogP contribution in [0.25, 0.3) is 0 Å². The second kappa shape index (κ2) is 4.87. The monoisotopic (exact) mass is 226 g/mol. The van der Waals surface area contributed by atoms with Crippen molar-refractivity contribution in [3.8, 4) is 0 Å². The quantitative estimate of drug-likeness (QED) is 0.803. The summed E-state index contributed by atoms with van der Waals surface area (Å²) in [6.07, 6.45) is 2.88. The molecule has 1 rings (SSSR count). The first-order valence-electron chi connectivity index (χ1n) is 6.53. The van der Waals surface area contributed by atoms with E-state index in [1.807, 2.05) is 20.8 Å². The molecule has 16 heavy (non-hydrogen) atoms. The Morgan fingerprint density at radius 3 is 2.31 bits per heavy atom. The van der Waals surface area contributed by atoms with Gasteiger partial charge in [-0.3, -0.25) is 4.79 Å². The topological polar surface area (TPSA) is 37.3 Å². The molecule has 0 aromatic rings. The first-order chi connectivity index (χ1) is 7.27. The minimum atomic E-state index is -0.797. The Morgan fingerprint density at radius 2 is 1.88 bits per heavy atom. The van der Waals surface area contributed by atoms with Gasteiger partial charge in [0.1, 0.15) is 5.78 Å². The molecule has 0 aliphatic heterocycles. The minimum Gasteiger partial charge on any atom is -0.389 e. The van der Waals surface area contributed by atoms with Gasteiger partial charge in [0.15, 0.2) is 0 Å². The van der Waals surface area contributed by atoms with Crippen LogP contribution in [0.15, 0.2) is 0 Å². The molecule has 0 amide bonds. The molecule has 1 aliphatic rings. The second-order valence-corrected chi connectivity index (χ2v) is 6.19. The van der Waals surface area contributed by atoms with Gasteiger partial charge in [-0.1, -0.05) is 34.1 Å². The average molecular weight is 226 g/mol. The number of carbonyl (C=O) groups is 1. The van der Waals surface area contributed by atoms with Crippen molar-refractivity contribution in [3.63, 3.8) is 0 Å².